The van der Waals surface area contributed by atoms with E-state index in [2.05, 4.69) is 0 Å². The molecule has 0 unspecified atom stereocenters. The minimum Gasteiger partial charge on any atom is -0.337 e. The molecular formula is C13H20Cl2N2O. The van der Waals surface area contributed by atoms with Crippen LogP contribution >= 0.6 is 24.0 Å². The molecule has 0 saturated carbocycles. The molecule has 1 amide bonds. The minimum absolute atomic E-state index is 0. The fourth-order valence-corrected chi connectivity index (χ4v) is 1.82. The minimum atomic E-state index is -0.408. The SMILES string of the molecule is CC[C@H](N)C(=O)N(CC)Cc1cccc(Cl)c1.Cl. The number of carbonyl (C=O) groups excluding carboxylic acids is 1. The van der Waals surface area contributed by atoms with Gasteiger partial charge in [-0.1, -0.05) is 30.7 Å². The molecule has 1 aromatic carbocycles. The molecule has 0 fully saturated rings. The van der Waals surface area contributed by atoms with Gasteiger partial charge in [0.15, 0.2) is 0 Å². The third-order valence-corrected chi connectivity index (χ3v) is 2.95. The van der Waals surface area contributed by atoms with Crippen molar-refractivity contribution in [2.75, 3.05) is 6.54 Å². The molecule has 3 nitrogen and oxygen atoms in total. The van der Waals surface area contributed by atoms with Gasteiger partial charge in [0.2, 0.25) is 5.91 Å². The Kier molecular flexibility index (Phi) is 8.00. The Balaban J connectivity index is 0.00000289. The first-order chi connectivity index (χ1) is 8.08. The van der Waals surface area contributed by atoms with Crippen molar-refractivity contribution in [1.29, 1.82) is 0 Å². The van der Waals surface area contributed by atoms with Crippen LogP contribution in [0, 0.1) is 0 Å². The summed E-state index contributed by atoms with van der Waals surface area (Å²) in [4.78, 5) is 13.7. The number of halogens is 2. The first-order valence-corrected chi connectivity index (χ1v) is 6.25. The van der Waals surface area contributed by atoms with E-state index in [9.17, 15) is 4.79 Å². The second-order valence-electron chi connectivity index (χ2n) is 4.00. The molecule has 0 heterocycles. The number of benzene rings is 1. The predicted molar refractivity (Wildman–Crippen MR) is 78.1 cm³/mol. The molecule has 1 atom stereocenters. The van der Waals surface area contributed by atoms with E-state index >= 15 is 0 Å². The standard InChI is InChI=1S/C13H19ClN2O.ClH/c1-3-12(15)13(17)16(4-2)9-10-6-5-7-11(14)8-10;/h5-8,12H,3-4,9,15H2,1-2H3;1H/t12-;/m0./s1. The van der Waals surface area contributed by atoms with E-state index in [1.54, 1.807) is 4.90 Å². The second kappa shape index (κ2) is 8.35. The maximum atomic E-state index is 12.0. The summed E-state index contributed by atoms with van der Waals surface area (Å²) >= 11 is 5.91. The van der Waals surface area contributed by atoms with Gasteiger partial charge in [0.25, 0.3) is 0 Å². The smallest absolute Gasteiger partial charge is 0.239 e. The summed E-state index contributed by atoms with van der Waals surface area (Å²) in [6.45, 7) is 5.07. The summed E-state index contributed by atoms with van der Waals surface area (Å²) in [6, 6.07) is 7.12. The number of nitrogens with zero attached hydrogens (tertiary/aromatic N) is 1. The van der Waals surface area contributed by atoms with Crippen molar-refractivity contribution < 1.29 is 4.79 Å². The number of hydrogen-bond acceptors (Lipinski definition) is 2. The number of rotatable bonds is 5. The Morgan fingerprint density at radius 3 is 2.61 bits per heavy atom. The number of nitrogens with two attached hydrogens (primary N) is 1. The molecule has 0 saturated heterocycles. The van der Waals surface area contributed by atoms with Crippen molar-refractivity contribution in [3.05, 3.63) is 34.9 Å². The average Bonchev–Trinajstić information content (AvgIpc) is 2.34. The molecule has 0 aromatic heterocycles. The molecular weight excluding hydrogens is 271 g/mol. The summed E-state index contributed by atoms with van der Waals surface area (Å²) < 4.78 is 0. The molecule has 18 heavy (non-hydrogen) atoms. The molecule has 0 aliphatic rings. The normalized spacial score (nSPS) is 11.6. The van der Waals surface area contributed by atoms with Gasteiger partial charge in [-0.25, -0.2) is 0 Å². The monoisotopic (exact) mass is 290 g/mol. The van der Waals surface area contributed by atoms with Crippen LogP contribution < -0.4 is 5.73 Å². The van der Waals surface area contributed by atoms with Crippen LogP contribution in [-0.2, 0) is 11.3 Å². The van der Waals surface area contributed by atoms with Crippen molar-refractivity contribution in [2.45, 2.75) is 32.9 Å². The van der Waals surface area contributed by atoms with Gasteiger partial charge < -0.3 is 10.6 Å². The molecule has 0 aliphatic carbocycles. The molecule has 1 aromatic rings. The largest absolute Gasteiger partial charge is 0.337 e. The lowest BCUT2D eigenvalue weighted by Gasteiger charge is -2.24. The van der Waals surface area contributed by atoms with Crippen molar-refractivity contribution in [1.82, 2.24) is 4.90 Å². The van der Waals surface area contributed by atoms with E-state index < -0.39 is 6.04 Å². The number of likely N-dealkylation sites (N-methyl/N-ethyl adjacent to an activating group) is 1. The van der Waals surface area contributed by atoms with Crippen LogP contribution in [-0.4, -0.2) is 23.4 Å². The highest BCUT2D eigenvalue weighted by Crippen LogP contribution is 2.13. The van der Waals surface area contributed by atoms with Crippen LogP contribution in [0.15, 0.2) is 24.3 Å². The van der Waals surface area contributed by atoms with E-state index in [-0.39, 0.29) is 18.3 Å². The Morgan fingerprint density at radius 2 is 2.11 bits per heavy atom. The molecule has 0 aliphatic heterocycles. The van der Waals surface area contributed by atoms with Gasteiger partial charge in [-0.2, -0.15) is 0 Å². The summed E-state index contributed by atoms with van der Waals surface area (Å²) in [5.41, 5.74) is 6.78. The maximum absolute atomic E-state index is 12.0. The van der Waals surface area contributed by atoms with Gasteiger partial charge in [0.05, 0.1) is 6.04 Å². The number of amides is 1. The predicted octanol–water partition coefficient (Wildman–Crippen LogP) is 2.85. The van der Waals surface area contributed by atoms with E-state index in [0.29, 0.717) is 24.5 Å². The zero-order valence-electron chi connectivity index (χ0n) is 10.7. The Bertz CT molecular complexity index is 385. The van der Waals surface area contributed by atoms with E-state index in [0.717, 1.165) is 5.56 Å². The van der Waals surface area contributed by atoms with Gasteiger partial charge >= 0.3 is 0 Å². The molecule has 0 radical (unpaired) electrons. The van der Waals surface area contributed by atoms with E-state index in [1.165, 1.54) is 0 Å². The summed E-state index contributed by atoms with van der Waals surface area (Å²) in [6.07, 6.45) is 0.658. The van der Waals surface area contributed by atoms with E-state index in [4.69, 9.17) is 17.3 Å². The van der Waals surface area contributed by atoms with Crippen LogP contribution in [0.3, 0.4) is 0 Å². The molecule has 1 rings (SSSR count). The van der Waals surface area contributed by atoms with Crippen molar-refractivity contribution in [3.63, 3.8) is 0 Å². The quantitative estimate of drug-likeness (QED) is 0.906. The topological polar surface area (TPSA) is 46.3 Å². The number of hydrogen-bond donors (Lipinski definition) is 1. The Hall–Kier alpha value is -0.770. The van der Waals surface area contributed by atoms with E-state index in [1.807, 2.05) is 38.1 Å². The highest BCUT2D eigenvalue weighted by atomic mass is 35.5. The lowest BCUT2D eigenvalue weighted by Crippen LogP contribution is -2.42. The molecule has 0 spiro atoms. The maximum Gasteiger partial charge on any atom is 0.239 e. The van der Waals surface area contributed by atoms with Crippen molar-refractivity contribution in [2.24, 2.45) is 5.73 Å². The first kappa shape index (κ1) is 17.2. The van der Waals surface area contributed by atoms with Gasteiger partial charge in [-0.05, 0) is 31.0 Å². The third-order valence-electron chi connectivity index (χ3n) is 2.71. The molecule has 2 N–H and O–H groups in total. The fourth-order valence-electron chi connectivity index (χ4n) is 1.61. The summed E-state index contributed by atoms with van der Waals surface area (Å²) in [5.74, 6) is -0.00465. The Labute approximate surface area is 120 Å². The second-order valence-corrected chi connectivity index (χ2v) is 4.43. The highest BCUT2D eigenvalue weighted by Gasteiger charge is 2.18. The van der Waals surface area contributed by atoms with Crippen LogP contribution in [0.25, 0.3) is 0 Å². The van der Waals surface area contributed by atoms with Crippen LogP contribution in [0.4, 0.5) is 0 Å². The fraction of sp³-hybridized carbons (Fsp3) is 0.462. The van der Waals surface area contributed by atoms with Crippen LogP contribution in [0.2, 0.25) is 5.02 Å². The van der Waals surface area contributed by atoms with Gasteiger partial charge in [0.1, 0.15) is 0 Å². The van der Waals surface area contributed by atoms with Gasteiger partial charge in [0, 0.05) is 18.1 Å². The van der Waals surface area contributed by atoms with Gasteiger partial charge in [-0.3, -0.25) is 4.79 Å². The zero-order chi connectivity index (χ0) is 12.8. The van der Waals surface area contributed by atoms with Crippen molar-refractivity contribution >= 4 is 29.9 Å². The average molecular weight is 291 g/mol. The van der Waals surface area contributed by atoms with Crippen molar-refractivity contribution in [3.8, 4) is 0 Å². The first-order valence-electron chi connectivity index (χ1n) is 5.87. The summed E-state index contributed by atoms with van der Waals surface area (Å²) in [5, 5.41) is 0.686. The highest BCUT2D eigenvalue weighted by molar-refractivity contribution is 6.30. The van der Waals surface area contributed by atoms with Crippen LogP contribution in [0.5, 0.6) is 0 Å². The molecule has 0 bridgehead atoms. The molecule has 102 valence electrons. The summed E-state index contributed by atoms with van der Waals surface area (Å²) in [7, 11) is 0. The lowest BCUT2D eigenvalue weighted by atomic mass is 10.1. The lowest BCUT2D eigenvalue weighted by molar-refractivity contribution is -0.133. The zero-order valence-corrected chi connectivity index (χ0v) is 12.3. The Morgan fingerprint density at radius 1 is 1.44 bits per heavy atom. The van der Waals surface area contributed by atoms with Crippen LogP contribution in [0.1, 0.15) is 25.8 Å². The van der Waals surface area contributed by atoms with Gasteiger partial charge in [-0.15, -0.1) is 12.4 Å². The molecule has 5 heteroatoms. The third kappa shape index (κ3) is 4.84. The number of carbonyl (C=O) groups is 1.